The summed E-state index contributed by atoms with van der Waals surface area (Å²) in [6, 6.07) is 5.78. The van der Waals surface area contributed by atoms with Gasteiger partial charge in [-0.1, -0.05) is 31.5 Å². The summed E-state index contributed by atoms with van der Waals surface area (Å²) < 4.78 is 5.92. The summed E-state index contributed by atoms with van der Waals surface area (Å²) in [6.45, 7) is 8.57. The van der Waals surface area contributed by atoms with Gasteiger partial charge in [0, 0.05) is 23.3 Å². The fourth-order valence-corrected chi connectivity index (χ4v) is 2.89. The minimum absolute atomic E-state index is 0.531. The van der Waals surface area contributed by atoms with Gasteiger partial charge in [0.2, 0.25) is 0 Å². The number of nitrogens with one attached hydrogen (secondary N) is 1. The van der Waals surface area contributed by atoms with Crippen molar-refractivity contribution >= 4 is 22.9 Å². The predicted molar refractivity (Wildman–Crippen MR) is 89.2 cm³/mol. The first kappa shape index (κ1) is 16.3. The molecular weight excluding hydrogens is 304 g/mol. The molecular formula is C16H21ClN2OS. The normalized spacial score (nSPS) is 11.1. The zero-order chi connectivity index (χ0) is 15.2. The van der Waals surface area contributed by atoms with Crippen molar-refractivity contribution in [3.63, 3.8) is 0 Å². The van der Waals surface area contributed by atoms with E-state index in [9.17, 15) is 0 Å². The van der Waals surface area contributed by atoms with Gasteiger partial charge in [0.25, 0.3) is 0 Å². The van der Waals surface area contributed by atoms with Crippen molar-refractivity contribution in [2.45, 2.75) is 33.9 Å². The summed E-state index contributed by atoms with van der Waals surface area (Å²) in [7, 11) is 0. The molecule has 0 saturated heterocycles. The van der Waals surface area contributed by atoms with Crippen molar-refractivity contribution in [2.75, 3.05) is 6.54 Å². The molecule has 21 heavy (non-hydrogen) atoms. The molecule has 1 heterocycles. The predicted octanol–water partition coefficient (Wildman–Crippen LogP) is 4.43. The summed E-state index contributed by atoms with van der Waals surface area (Å²) in [5, 5.41) is 5.20. The molecule has 0 amide bonds. The van der Waals surface area contributed by atoms with Gasteiger partial charge in [0.05, 0.1) is 9.88 Å². The number of aryl methyl sites for hydroxylation is 1. The Bertz CT molecular complexity index is 583. The average Bonchev–Trinajstić information content (AvgIpc) is 2.84. The smallest absolute Gasteiger partial charge is 0.125 e. The minimum atomic E-state index is 0.531. The van der Waals surface area contributed by atoms with Crippen LogP contribution in [0.15, 0.2) is 24.4 Å². The molecule has 0 saturated carbocycles. The molecule has 114 valence electrons. The van der Waals surface area contributed by atoms with E-state index in [1.165, 1.54) is 0 Å². The van der Waals surface area contributed by atoms with E-state index in [1.807, 2.05) is 31.3 Å². The molecule has 0 aliphatic heterocycles. The number of rotatable bonds is 7. The Morgan fingerprint density at radius 1 is 1.38 bits per heavy atom. The van der Waals surface area contributed by atoms with Gasteiger partial charge < -0.3 is 10.1 Å². The Morgan fingerprint density at radius 2 is 2.19 bits per heavy atom. The maximum atomic E-state index is 6.30. The van der Waals surface area contributed by atoms with E-state index in [4.69, 9.17) is 16.3 Å². The summed E-state index contributed by atoms with van der Waals surface area (Å²) in [5.74, 6) is 1.45. The van der Waals surface area contributed by atoms with Crippen LogP contribution in [0.4, 0.5) is 0 Å². The number of aromatic nitrogens is 1. The molecule has 2 rings (SSSR count). The van der Waals surface area contributed by atoms with Crippen LogP contribution in [0.5, 0.6) is 5.75 Å². The number of nitrogens with zero attached hydrogens (tertiary/aromatic N) is 1. The third kappa shape index (κ3) is 4.99. The summed E-state index contributed by atoms with van der Waals surface area (Å²) >= 11 is 7.95. The van der Waals surface area contributed by atoms with E-state index < -0.39 is 0 Å². The quantitative estimate of drug-likeness (QED) is 0.818. The van der Waals surface area contributed by atoms with Crippen LogP contribution in [0.25, 0.3) is 0 Å². The van der Waals surface area contributed by atoms with Crippen molar-refractivity contribution in [2.24, 2.45) is 5.92 Å². The Labute approximate surface area is 135 Å². The minimum Gasteiger partial charge on any atom is -0.488 e. The largest absolute Gasteiger partial charge is 0.488 e. The highest BCUT2D eigenvalue weighted by Crippen LogP contribution is 2.27. The SMILES string of the molecule is Cc1ncc(COc2cccc(Cl)c2CNCC(C)C)s1. The highest BCUT2D eigenvalue weighted by molar-refractivity contribution is 7.11. The Morgan fingerprint density at radius 3 is 2.86 bits per heavy atom. The highest BCUT2D eigenvalue weighted by atomic mass is 35.5. The molecule has 0 fully saturated rings. The number of halogens is 1. The lowest BCUT2D eigenvalue weighted by Gasteiger charge is -2.14. The molecule has 1 N–H and O–H groups in total. The first-order valence-electron chi connectivity index (χ1n) is 7.08. The second-order valence-electron chi connectivity index (χ2n) is 5.38. The summed E-state index contributed by atoms with van der Waals surface area (Å²) in [6.07, 6.45) is 1.86. The van der Waals surface area contributed by atoms with E-state index in [1.54, 1.807) is 11.3 Å². The number of ether oxygens (including phenoxy) is 1. The zero-order valence-electron chi connectivity index (χ0n) is 12.6. The monoisotopic (exact) mass is 324 g/mol. The fourth-order valence-electron chi connectivity index (χ4n) is 1.95. The third-order valence-electron chi connectivity index (χ3n) is 2.97. The van der Waals surface area contributed by atoms with Gasteiger partial charge in [-0.2, -0.15) is 0 Å². The molecule has 0 aliphatic carbocycles. The van der Waals surface area contributed by atoms with Gasteiger partial charge in [-0.25, -0.2) is 4.98 Å². The number of benzene rings is 1. The number of hydrogen-bond donors (Lipinski definition) is 1. The molecule has 0 radical (unpaired) electrons. The van der Waals surface area contributed by atoms with Crippen molar-refractivity contribution in [1.29, 1.82) is 0 Å². The molecule has 2 aromatic rings. The summed E-state index contributed by atoms with van der Waals surface area (Å²) in [4.78, 5) is 5.36. The van der Waals surface area contributed by atoms with Gasteiger partial charge >= 0.3 is 0 Å². The van der Waals surface area contributed by atoms with Crippen molar-refractivity contribution in [1.82, 2.24) is 10.3 Å². The van der Waals surface area contributed by atoms with Crippen LogP contribution in [0, 0.1) is 12.8 Å². The van der Waals surface area contributed by atoms with E-state index in [-0.39, 0.29) is 0 Å². The van der Waals surface area contributed by atoms with Gasteiger partial charge in [-0.3, -0.25) is 0 Å². The van der Waals surface area contributed by atoms with Crippen LogP contribution in [-0.2, 0) is 13.2 Å². The lowest BCUT2D eigenvalue weighted by molar-refractivity contribution is 0.305. The van der Waals surface area contributed by atoms with E-state index in [0.29, 0.717) is 12.5 Å². The van der Waals surface area contributed by atoms with Crippen LogP contribution < -0.4 is 10.1 Å². The molecule has 3 nitrogen and oxygen atoms in total. The average molecular weight is 325 g/mol. The molecule has 0 bridgehead atoms. The molecule has 5 heteroatoms. The number of hydrogen-bond acceptors (Lipinski definition) is 4. The van der Waals surface area contributed by atoms with Crippen molar-refractivity contribution < 1.29 is 4.74 Å². The highest BCUT2D eigenvalue weighted by Gasteiger charge is 2.09. The lowest BCUT2D eigenvalue weighted by Crippen LogP contribution is -2.19. The maximum absolute atomic E-state index is 6.30. The van der Waals surface area contributed by atoms with Gasteiger partial charge in [0.15, 0.2) is 0 Å². The van der Waals surface area contributed by atoms with E-state index in [0.717, 1.165) is 39.3 Å². The Kier molecular flexibility index (Phi) is 6.03. The Hall–Kier alpha value is -1.10. The molecule has 1 aromatic carbocycles. The second-order valence-corrected chi connectivity index (χ2v) is 7.10. The summed E-state index contributed by atoms with van der Waals surface area (Å²) in [5.41, 5.74) is 1.01. The van der Waals surface area contributed by atoms with Gasteiger partial charge in [-0.15, -0.1) is 11.3 Å². The second kappa shape index (κ2) is 7.78. The zero-order valence-corrected chi connectivity index (χ0v) is 14.2. The van der Waals surface area contributed by atoms with E-state index >= 15 is 0 Å². The fraction of sp³-hybridized carbons (Fsp3) is 0.438. The van der Waals surface area contributed by atoms with Gasteiger partial charge in [-0.05, 0) is 31.5 Å². The van der Waals surface area contributed by atoms with Crippen LogP contribution in [0.1, 0.15) is 29.3 Å². The van der Waals surface area contributed by atoms with Crippen LogP contribution >= 0.6 is 22.9 Å². The number of thiazole rings is 1. The van der Waals surface area contributed by atoms with Crippen LogP contribution in [0.3, 0.4) is 0 Å². The topological polar surface area (TPSA) is 34.1 Å². The first-order valence-corrected chi connectivity index (χ1v) is 8.28. The van der Waals surface area contributed by atoms with Crippen LogP contribution in [-0.4, -0.2) is 11.5 Å². The molecule has 0 spiro atoms. The molecule has 1 aromatic heterocycles. The standard InChI is InChI=1S/C16H21ClN2OS/c1-11(2)7-18-9-14-15(17)5-4-6-16(14)20-10-13-8-19-12(3)21-13/h4-6,8,11,18H,7,9-10H2,1-3H3. The van der Waals surface area contributed by atoms with Gasteiger partial charge in [0.1, 0.15) is 12.4 Å². The molecule has 0 atom stereocenters. The lowest BCUT2D eigenvalue weighted by atomic mass is 10.1. The Balaban J connectivity index is 2.02. The van der Waals surface area contributed by atoms with Crippen LogP contribution in [0.2, 0.25) is 5.02 Å². The van der Waals surface area contributed by atoms with Crippen molar-refractivity contribution in [3.05, 3.63) is 44.9 Å². The third-order valence-corrected chi connectivity index (χ3v) is 4.21. The molecule has 0 aliphatic rings. The van der Waals surface area contributed by atoms with Crippen molar-refractivity contribution in [3.8, 4) is 5.75 Å². The maximum Gasteiger partial charge on any atom is 0.125 e. The molecule has 0 unspecified atom stereocenters. The first-order chi connectivity index (χ1) is 10.1. The van der Waals surface area contributed by atoms with E-state index in [2.05, 4.69) is 24.1 Å².